The largest absolute Gasteiger partial charge is 0.459 e. The Balaban J connectivity index is 1.85. The summed E-state index contributed by atoms with van der Waals surface area (Å²) in [5, 5.41) is 0. The molecule has 3 aromatic carbocycles. The standard InChI is InChI=1S/C32H37N3O4/c1-22-12-11-17-26(18-22)35(31(33)38)28-20-25(23-13-7-5-8-14-23)19-27(24-15-9-6-10-16-24)34(30(28)37)21-29(36)39-32(2,3)4/h5-18,25,27-28H,19-21H2,1-4H3,(H2,33,38). The molecular formula is C32H37N3O4. The molecule has 1 saturated heterocycles. The third-order valence-electron chi connectivity index (χ3n) is 6.96. The molecule has 0 spiro atoms. The summed E-state index contributed by atoms with van der Waals surface area (Å²) in [6.45, 7) is 7.07. The molecule has 0 aliphatic carbocycles. The van der Waals surface area contributed by atoms with Gasteiger partial charge in [0.25, 0.3) is 0 Å². The number of urea groups is 1. The van der Waals surface area contributed by atoms with Crippen molar-refractivity contribution in [1.82, 2.24) is 4.90 Å². The quantitative estimate of drug-likeness (QED) is 0.414. The third kappa shape index (κ3) is 6.85. The minimum atomic E-state index is -0.911. The Labute approximate surface area is 230 Å². The molecule has 1 heterocycles. The van der Waals surface area contributed by atoms with E-state index in [1.165, 1.54) is 4.90 Å². The van der Waals surface area contributed by atoms with Crippen LogP contribution in [0.2, 0.25) is 0 Å². The fourth-order valence-electron chi connectivity index (χ4n) is 5.35. The highest BCUT2D eigenvalue weighted by Crippen LogP contribution is 2.41. The van der Waals surface area contributed by atoms with Crippen LogP contribution in [0.15, 0.2) is 84.9 Å². The van der Waals surface area contributed by atoms with E-state index in [2.05, 4.69) is 0 Å². The Morgan fingerprint density at radius 1 is 0.923 bits per heavy atom. The Morgan fingerprint density at radius 2 is 1.54 bits per heavy atom. The molecule has 1 fully saturated rings. The maximum Gasteiger partial charge on any atom is 0.326 e. The van der Waals surface area contributed by atoms with Crippen molar-refractivity contribution in [3.05, 3.63) is 102 Å². The number of benzene rings is 3. The highest BCUT2D eigenvalue weighted by Gasteiger charge is 2.43. The van der Waals surface area contributed by atoms with Crippen molar-refractivity contribution in [2.75, 3.05) is 11.4 Å². The number of amides is 3. The zero-order chi connectivity index (χ0) is 28.2. The molecule has 3 amide bonds. The van der Waals surface area contributed by atoms with E-state index in [4.69, 9.17) is 10.5 Å². The van der Waals surface area contributed by atoms with Gasteiger partial charge in [-0.15, -0.1) is 0 Å². The van der Waals surface area contributed by atoms with E-state index in [-0.39, 0.29) is 18.4 Å². The molecular weight excluding hydrogens is 490 g/mol. The normalized spacial score (nSPS) is 19.7. The van der Waals surface area contributed by atoms with E-state index in [9.17, 15) is 14.4 Å². The van der Waals surface area contributed by atoms with Crippen LogP contribution >= 0.6 is 0 Å². The number of primary amides is 1. The van der Waals surface area contributed by atoms with Gasteiger partial charge in [0.05, 0.1) is 6.04 Å². The van der Waals surface area contributed by atoms with Gasteiger partial charge in [-0.2, -0.15) is 0 Å². The molecule has 3 unspecified atom stereocenters. The number of likely N-dealkylation sites (tertiary alicyclic amines) is 1. The lowest BCUT2D eigenvalue weighted by Gasteiger charge is -2.35. The topological polar surface area (TPSA) is 92.9 Å². The van der Waals surface area contributed by atoms with Gasteiger partial charge in [0, 0.05) is 5.69 Å². The highest BCUT2D eigenvalue weighted by atomic mass is 16.6. The number of aryl methyl sites for hydroxylation is 1. The minimum absolute atomic E-state index is 0.0827. The van der Waals surface area contributed by atoms with Crippen molar-refractivity contribution in [1.29, 1.82) is 0 Å². The first kappa shape index (κ1) is 27.9. The van der Waals surface area contributed by atoms with Crippen LogP contribution in [0, 0.1) is 6.92 Å². The van der Waals surface area contributed by atoms with Crippen molar-refractivity contribution >= 4 is 23.6 Å². The van der Waals surface area contributed by atoms with E-state index in [0.717, 1.165) is 16.7 Å². The van der Waals surface area contributed by atoms with Crippen LogP contribution in [0.5, 0.6) is 0 Å². The fraction of sp³-hybridized carbons (Fsp3) is 0.344. The number of carbonyl (C=O) groups excluding carboxylic acids is 3. The van der Waals surface area contributed by atoms with Gasteiger partial charge in [0.2, 0.25) is 5.91 Å². The van der Waals surface area contributed by atoms with Gasteiger partial charge in [-0.05, 0) is 75.3 Å². The number of carbonyl (C=O) groups is 3. The predicted molar refractivity (Wildman–Crippen MR) is 152 cm³/mol. The van der Waals surface area contributed by atoms with Crippen LogP contribution in [0.3, 0.4) is 0 Å². The molecule has 0 saturated carbocycles. The lowest BCUT2D eigenvalue weighted by atomic mass is 9.86. The van der Waals surface area contributed by atoms with E-state index in [1.807, 2.05) is 85.8 Å². The number of hydrogen-bond donors (Lipinski definition) is 1. The summed E-state index contributed by atoms with van der Waals surface area (Å²) in [4.78, 5) is 43.5. The van der Waals surface area contributed by atoms with Gasteiger partial charge in [-0.3, -0.25) is 14.5 Å². The van der Waals surface area contributed by atoms with Crippen molar-refractivity contribution in [3.63, 3.8) is 0 Å². The number of nitrogens with two attached hydrogens (primary N) is 1. The van der Waals surface area contributed by atoms with Crippen LogP contribution in [-0.2, 0) is 14.3 Å². The first-order valence-corrected chi connectivity index (χ1v) is 13.3. The Kier molecular flexibility index (Phi) is 8.38. The molecule has 2 N–H and O–H groups in total. The lowest BCUT2D eigenvalue weighted by Crippen LogP contribution is -2.53. The number of esters is 1. The summed E-state index contributed by atoms with van der Waals surface area (Å²) in [5.74, 6) is -0.927. The SMILES string of the molecule is Cc1cccc(N(C(N)=O)C2CC(c3ccccc3)CC(c3ccccc3)N(CC(=O)OC(C)(C)C)C2=O)c1. The average molecular weight is 528 g/mol. The zero-order valence-electron chi connectivity index (χ0n) is 23.0. The molecule has 4 rings (SSSR count). The van der Waals surface area contributed by atoms with Crippen LogP contribution in [-0.4, -0.2) is 41.0 Å². The Morgan fingerprint density at radius 3 is 2.10 bits per heavy atom. The molecule has 3 aromatic rings. The molecule has 1 aliphatic heterocycles. The summed E-state index contributed by atoms with van der Waals surface area (Å²) in [6.07, 6.45) is 0.924. The molecule has 0 aromatic heterocycles. The van der Waals surface area contributed by atoms with Crippen LogP contribution in [0.1, 0.15) is 62.3 Å². The monoisotopic (exact) mass is 527 g/mol. The van der Waals surface area contributed by atoms with E-state index in [0.29, 0.717) is 18.5 Å². The molecule has 39 heavy (non-hydrogen) atoms. The first-order chi connectivity index (χ1) is 18.5. The van der Waals surface area contributed by atoms with E-state index < -0.39 is 29.7 Å². The summed E-state index contributed by atoms with van der Waals surface area (Å²) < 4.78 is 5.63. The molecule has 1 aliphatic rings. The molecule has 204 valence electrons. The maximum absolute atomic E-state index is 14.5. The second kappa shape index (κ2) is 11.7. The maximum atomic E-state index is 14.5. The molecule has 7 nitrogen and oxygen atoms in total. The predicted octanol–water partition coefficient (Wildman–Crippen LogP) is 5.74. The van der Waals surface area contributed by atoms with E-state index in [1.54, 1.807) is 31.7 Å². The van der Waals surface area contributed by atoms with Gasteiger partial charge < -0.3 is 15.4 Å². The van der Waals surface area contributed by atoms with Crippen molar-refractivity contribution in [2.24, 2.45) is 5.73 Å². The summed E-state index contributed by atoms with van der Waals surface area (Å²) >= 11 is 0. The van der Waals surface area contributed by atoms with Gasteiger partial charge >= 0.3 is 12.0 Å². The Hall–Kier alpha value is -4.13. The first-order valence-electron chi connectivity index (χ1n) is 13.3. The van der Waals surface area contributed by atoms with Crippen LogP contribution in [0.25, 0.3) is 0 Å². The third-order valence-corrected chi connectivity index (χ3v) is 6.96. The van der Waals surface area contributed by atoms with Gasteiger partial charge in [-0.25, -0.2) is 4.79 Å². The second-order valence-corrected chi connectivity index (χ2v) is 11.1. The van der Waals surface area contributed by atoms with Crippen molar-refractivity contribution in [2.45, 2.75) is 64.1 Å². The highest BCUT2D eigenvalue weighted by molar-refractivity contribution is 6.00. The van der Waals surface area contributed by atoms with Gasteiger partial charge in [0.1, 0.15) is 18.2 Å². The summed E-state index contributed by atoms with van der Waals surface area (Å²) in [6, 6.07) is 25.0. The molecule has 0 radical (unpaired) electrons. The van der Waals surface area contributed by atoms with Crippen molar-refractivity contribution < 1.29 is 19.1 Å². The van der Waals surface area contributed by atoms with Gasteiger partial charge in [0.15, 0.2) is 0 Å². The van der Waals surface area contributed by atoms with Crippen LogP contribution < -0.4 is 10.6 Å². The smallest absolute Gasteiger partial charge is 0.326 e. The summed E-state index contributed by atoms with van der Waals surface area (Å²) in [7, 11) is 0. The number of ether oxygens (including phenoxy) is 1. The van der Waals surface area contributed by atoms with Gasteiger partial charge in [-0.1, -0.05) is 72.8 Å². The Bertz CT molecular complexity index is 1300. The number of anilines is 1. The minimum Gasteiger partial charge on any atom is -0.459 e. The number of hydrogen-bond acceptors (Lipinski definition) is 4. The van der Waals surface area contributed by atoms with Crippen molar-refractivity contribution in [3.8, 4) is 0 Å². The lowest BCUT2D eigenvalue weighted by molar-refractivity contribution is -0.160. The zero-order valence-corrected chi connectivity index (χ0v) is 23.0. The van der Waals surface area contributed by atoms with E-state index >= 15 is 0 Å². The van der Waals surface area contributed by atoms with Crippen LogP contribution in [0.4, 0.5) is 10.5 Å². The molecule has 0 bridgehead atoms. The number of rotatable bonds is 6. The molecule has 3 atom stereocenters. The summed E-state index contributed by atoms with van der Waals surface area (Å²) in [5.41, 5.74) is 8.70. The average Bonchev–Trinajstić information content (AvgIpc) is 3.01. The fourth-order valence-corrected chi connectivity index (χ4v) is 5.35. The second-order valence-electron chi connectivity index (χ2n) is 11.1. The molecule has 7 heteroatoms. The number of nitrogens with zero attached hydrogens (tertiary/aromatic N) is 2.